The van der Waals surface area contributed by atoms with E-state index in [4.69, 9.17) is 5.11 Å². The number of carboxylic acids is 1. The number of amides is 1. The van der Waals surface area contributed by atoms with Crippen molar-refractivity contribution in [2.24, 2.45) is 0 Å². The van der Waals surface area contributed by atoms with Crippen LogP contribution in [-0.2, 0) is 11.0 Å². The maximum absolute atomic E-state index is 12.4. The number of carbonyl (C=O) groups is 2. The van der Waals surface area contributed by atoms with Gasteiger partial charge < -0.3 is 10.0 Å². The Balaban J connectivity index is 2.21. The molecule has 2 heterocycles. The number of carbonyl (C=O) groups excluding carboxylic acids is 1. The van der Waals surface area contributed by atoms with Crippen LogP contribution in [0.5, 0.6) is 0 Å². The van der Waals surface area contributed by atoms with Crippen molar-refractivity contribution < 1.29 is 27.9 Å². The summed E-state index contributed by atoms with van der Waals surface area (Å²) in [6, 6.07) is -0.993. The monoisotopic (exact) mass is 308 g/mol. The number of halogens is 3. The summed E-state index contributed by atoms with van der Waals surface area (Å²) in [6.45, 7) is 0.217. The number of hydrogen-bond donors (Lipinski definition) is 1. The summed E-state index contributed by atoms with van der Waals surface area (Å²) >= 11 is 0.327. The summed E-state index contributed by atoms with van der Waals surface area (Å²) in [5.74, 6) is -1.91. The quantitative estimate of drug-likeness (QED) is 0.909. The third-order valence-electron chi connectivity index (χ3n) is 3.01. The van der Waals surface area contributed by atoms with Gasteiger partial charge in [0.2, 0.25) is 0 Å². The van der Waals surface area contributed by atoms with Crippen molar-refractivity contribution in [3.05, 3.63) is 16.1 Å². The van der Waals surface area contributed by atoms with Crippen LogP contribution in [0.15, 0.2) is 5.38 Å². The molecule has 1 atom stereocenters. The lowest BCUT2D eigenvalue weighted by atomic mass is 10.0. The van der Waals surface area contributed by atoms with Gasteiger partial charge in [0.15, 0.2) is 5.01 Å². The second-order valence-corrected chi connectivity index (χ2v) is 5.24. The van der Waals surface area contributed by atoms with Crippen molar-refractivity contribution in [1.29, 1.82) is 0 Å². The highest BCUT2D eigenvalue weighted by Crippen LogP contribution is 2.32. The zero-order valence-electron chi connectivity index (χ0n) is 10.2. The highest BCUT2D eigenvalue weighted by atomic mass is 32.1. The van der Waals surface area contributed by atoms with E-state index in [9.17, 15) is 22.8 Å². The molecule has 9 heteroatoms. The number of aromatic nitrogens is 1. The Labute approximate surface area is 116 Å². The SMILES string of the molecule is O=C(O)C1CCCCN1C(=O)c1csc(C(F)(F)F)n1. The highest BCUT2D eigenvalue weighted by Gasteiger charge is 2.37. The Bertz CT molecular complexity index is 529. The van der Waals surface area contributed by atoms with Gasteiger partial charge in [0.1, 0.15) is 11.7 Å². The lowest BCUT2D eigenvalue weighted by molar-refractivity contribution is -0.143. The lowest BCUT2D eigenvalue weighted by Gasteiger charge is -2.32. The Morgan fingerprint density at radius 3 is 2.65 bits per heavy atom. The second-order valence-electron chi connectivity index (χ2n) is 4.38. The van der Waals surface area contributed by atoms with Crippen molar-refractivity contribution in [1.82, 2.24) is 9.88 Å². The van der Waals surface area contributed by atoms with Gasteiger partial charge in [0.25, 0.3) is 5.91 Å². The number of piperidine rings is 1. The number of rotatable bonds is 2. The lowest BCUT2D eigenvalue weighted by Crippen LogP contribution is -2.48. The van der Waals surface area contributed by atoms with Gasteiger partial charge in [-0.2, -0.15) is 13.2 Å². The Hall–Kier alpha value is -1.64. The van der Waals surface area contributed by atoms with E-state index in [0.29, 0.717) is 30.6 Å². The normalized spacial score (nSPS) is 19.9. The summed E-state index contributed by atoms with van der Waals surface area (Å²) in [5.41, 5.74) is -0.351. The summed E-state index contributed by atoms with van der Waals surface area (Å²) in [7, 11) is 0. The average Bonchev–Trinajstić information content (AvgIpc) is 2.87. The van der Waals surface area contributed by atoms with Crippen LogP contribution in [0.1, 0.15) is 34.8 Å². The highest BCUT2D eigenvalue weighted by molar-refractivity contribution is 7.09. The van der Waals surface area contributed by atoms with Gasteiger partial charge in [0, 0.05) is 11.9 Å². The third-order valence-corrected chi connectivity index (χ3v) is 3.90. The molecule has 1 aliphatic heterocycles. The zero-order valence-corrected chi connectivity index (χ0v) is 11.0. The molecule has 1 saturated heterocycles. The van der Waals surface area contributed by atoms with Crippen LogP contribution < -0.4 is 0 Å². The van der Waals surface area contributed by atoms with Crippen molar-refractivity contribution >= 4 is 23.2 Å². The number of hydrogen-bond acceptors (Lipinski definition) is 4. The summed E-state index contributed by atoms with van der Waals surface area (Å²) < 4.78 is 37.3. The maximum Gasteiger partial charge on any atom is 0.443 e. The molecule has 0 bridgehead atoms. The maximum atomic E-state index is 12.4. The van der Waals surface area contributed by atoms with Crippen molar-refractivity contribution in [3.63, 3.8) is 0 Å². The molecule has 0 aliphatic carbocycles. The molecule has 1 aromatic rings. The van der Waals surface area contributed by atoms with Crippen LogP contribution in [0.2, 0.25) is 0 Å². The average molecular weight is 308 g/mol. The van der Waals surface area contributed by atoms with Gasteiger partial charge in [-0.1, -0.05) is 0 Å². The fourth-order valence-corrected chi connectivity index (χ4v) is 2.74. The second kappa shape index (κ2) is 5.39. The van der Waals surface area contributed by atoms with E-state index in [-0.39, 0.29) is 12.2 Å². The van der Waals surface area contributed by atoms with E-state index in [2.05, 4.69) is 4.98 Å². The van der Waals surface area contributed by atoms with Crippen LogP contribution in [0.4, 0.5) is 13.2 Å². The number of carboxylic acid groups (broad SMARTS) is 1. The van der Waals surface area contributed by atoms with Crippen molar-refractivity contribution in [2.45, 2.75) is 31.5 Å². The number of alkyl halides is 3. The molecule has 0 spiro atoms. The molecular weight excluding hydrogens is 297 g/mol. The number of nitrogens with zero attached hydrogens (tertiary/aromatic N) is 2. The first-order valence-corrected chi connectivity index (χ1v) is 6.75. The molecule has 0 aromatic carbocycles. The molecule has 20 heavy (non-hydrogen) atoms. The zero-order chi connectivity index (χ0) is 14.9. The van der Waals surface area contributed by atoms with Gasteiger partial charge in [-0.25, -0.2) is 9.78 Å². The molecule has 1 aliphatic rings. The van der Waals surface area contributed by atoms with Gasteiger partial charge in [0.05, 0.1) is 0 Å². The standard InChI is InChI=1S/C11H11F3N2O3S/c12-11(13,14)10-15-6(5-20-10)8(17)16-4-2-1-3-7(16)9(18)19/h5,7H,1-4H2,(H,18,19). The molecule has 1 N–H and O–H groups in total. The predicted octanol–water partition coefficient (Wildman–Crippen LogP) is 2.24. The minimum atomic E-state index is -4.60. The summed E-state index contributed by atoms with van der Waals surface area (Å²) in [6.07, 6.45) is -2.99. The van der Waals surface area contributed by atoms with Gasteiger partial charge >= 0.3 is 12.1 Å². The van der Waals surface area contributed by atoms with E-state index in [1.54, 1.807) is 0 Å². The molecule has 1 fully saturated rings. The van der Waals surface area contributed by atoms with E-state index in [1.165, 1.54) is 0 Å². The van der Waals surface area contributed by atoms with Crippen LogP contribution >= 0.6 is 11.3 Å². The van der Waals surface area contributed by atoms with Crippen molar-refractivity contribution in [2.75, 3.05) is 6.54 Å². The fourth-order valence-electron chi connectivity index (χ4n) is 2.08. The van der Waals surface area contributed by atoms with E-state index in [1.807, 2.05) is 0 Å². The molecule has 5 nitrogen and oxygen atoms in total. The van der Waals surface area contributed by atoms with Gasteiger partial charge in [-0.15, -0.1) is 11.3 Å². The number of thiazole rings is 1. The first kappa shape index (κ1) is 14.8. The molecule has 0 radical (unpaired) electrons. The molecule has 1 amide bonds. The van der Waals surface area contributed by atoms with Gasteiger partial charge in [-0.05, 0) is 19.3 Å². The number of aliphatic carboxylic acids is 1. The first-order chi connectivity index (χ1) is 9.30. The van der Waals surface area contributed by atoms with E-state index >= 15 is 0 Å². The third kappa shape index (κ3) is 2.92. The van der Waals surface area contributed by atoms with Crippen LogP contribution in [-0.4, -0.2) is 39.5 Å². The summed E-state index contributed by atoms with van der Waals surface area (Å²) in [4.78, 5) is 27.5. The van der Waals surface area contributed by atoms with Crippen LogP contribution in [0.3, 0.4) is 0 Å². The first-order valence-electron chi connectivity index (χ1n) is 5.87. The summed E-state index contributed by atoms with van der Waals surface area (Å²) in [5, 5.41) is 8.95. The topological polar surface area (TPSA) is 70.5 Å². The van der Waals surface area contributed by atoms with Crippen molar-refractivity contribution in [3.8, 4) is 0 Å². The Morgan fingerprint density at radius 1 is 1.40 bits per heavy atom. The molecule has 1 aromatic heterocycles. The molecule has 0 saturated carbocycles. The fraction of sp³-hybridized carbons (Fsp3) is 0.545. The molecule has 1 unspecified atom stereocenters. The Morgan fingerprint density at radius 2 is 2.10 bits per heavy atom. The predicted molar refractivity (Wildman–Crippen MR) is 63.4 cm³/mol. The molecule has 110 valence electrons. The van der Waals surface area contributed by atoms with E-state index < -0.39 is 29.1 Å². The smallest absolute Gasteiger partial charge is 0.443 e. The minimum Gasteiger partial charge on any atom is -0.480 e. The van der Waals surface area contributed by atoms with Gasteiger partial charge in [-0.3, -0.25) is 4.79 Å². The van der Waals surface area contributed by atoms with Crippen LogP contribution in [0.25, 0.3) is 0 Å². The van der Waals surface area contributed by atoms with Crippen LogP contribution in [0, 0.1) is 0 Å². The van der Waals surface area contributed by atoms with E-state index in [0.717, 1.165) is 10.3 Å². The molecular formula is C11H11F3N2O3S. The minimum absolute atomic E-state index is 0.217. The molecule has 2 rings (SSSR count). The largest absolute Gasteiger partial charge is 0.480 e. The number of likely N-dealkylation sites (tertiary alicyclic amines) is 1. The Kier molecular flexibility index (Phi) is 3.98.